The molecule has 0 unspecified atom stereocenters. The molecule has 0 amide bonds. The predicted octanol–water partition coefficient (Wildman–Crippen LogP) is 4.46. The number of hydrogen-bond donors (Lipinski definition) is 1. The first kappa shape index (κ1) is 14.8. The van der Waals surface area contributed by atoms with E-state index in [0.29, 0.717) is 18.7 Å². The Kier molecular flexibility index (Phi) is 5.40. The molecule has 0 aliphatic heterocycles. The second-order valence-electron chi connectivity index (χ2n) is 4.34. The van der Waals surface area contributed by atoms with E-state index in [4.69, 9.17) is 9.94 Å². The van der Waals surface area contributed by atoms with Gasteiger partial charge in [0.05, 0.1) is 5.71 Å². The standard InChI is InChI=1S/C16H16INO2/c1-2-16(18-19)13-5-9-15(10-6-13)20-11-12-3-7-14(17)8-4-12/h3-10,19H,2,11H2,1H3. The van der Waals surface area contributed by atoms with Crippen LogP contribution >= 0.6 is 22.6 Å². The van der Waals surface area contributed by atoms with Crippen LogP contribution in [0.4, 0.5) is 0 Å². The van der Waals surface area contributed by atoms with Crippen LogP contribution in [0.2, 0.25) is 0 Å². The van der Waals surface area contributed by atoms with Crippen LogP contribution in [-0.4, -0.2) is 10.9 Å². The lowest BCUT2D eigenvalue weighted by Gasteiger charge is -2.08. The molecule has 2 aromatic rings. The summed E-state index contributed by atoms with van der Waals surface area (Å²) in [5.41, 5.74) is 2.73. The van der Waals surface area contributed by atoms with Gasteiger partial charge in [0.1, 0.15) is 12.4 Å². The largest absolute Gasteiger partial charge is 0.489 e. The number of nitrogens with zero attached hydrogens (tertiary/aromatic N) is 1. The van der Waals surface area contributed by atoms with Gasteiger partial charge >= 0.3 is 0 Å². The minimum atomic E-state index is 0.547. The van der Waals surface area contributed by atoms with E-state index in [-0.39, 0.29) is 0 Å². The van der Waals surface area contributed by atoms with Crippen molar-refractivity contribution in [1.29, 1.82) is 0 Å². The lowest BCUT2D eigenvalue weighted by molar-refractivity contribution is 0.306. The van der Waals surface area contributed by atoms with Gasteiger partial charge in [-0.05, 0) is 76.5 Å². The Labute approximate surface area is 132 Å². The first-order chi connectivity index (χ1) is 9.72. The number of oxime groups is 1. The van der Waals surface area contributed by atoms with Crippen LogP contribution in [0.1, 0.15) is 24.5 Å². The molecular formula is C16H16INO2. The molecule has 0 aromatic heterocycles. The first-order valence-electron chi connectivity index (χ1n) is 6.41. The quantitative estimate of drug-likeness (QED) is 0.360. The number of halogens is 1. The van der Waals surface area contributed by atoms with Crippen molar-refractivity contribution in [2.45, 2.75) is 20.0 Å². The molecule has 0 saturated carbocycles. The molecule has 104 valence electrons. The Balaban J connectivity index is 1.99. The van der Waals surface area contributed by atoms with Gasteiger partial charge in [-0.3, -0.25) is 0 Å². The van der Waals surface area contributed by atoms with Gasteiger partial charge in [0, 0.05) is 3.57 Å². The van der Waals surface area contributed by atoms with Crippen LogP contribution in [0.25, 0.3) is 0 Å². The average molecular weight is 381 g/mol. The normalized spacial score (nSPS) is 11.4. The molecule has 0 fully saturated rings. The van der Waals surface area contributed by atoms with E-state index in [1.54, 1.807) is 0 Å². The van der Waals surface area contributed by atoms with E-state index in [0.717, 1.165) is 16.9 Å². The van der Waals surface area contributed by atoms with E-state index in [1.807, 2.05) is 31.2 Å². The molecule has 3 nitrogen and oxygen atoms in total. The van der Waals surface area contributed by atoms with Gasteiger partial charge in [-0.25, -0.2) is 0 Å². The third-order valence-corrected chi connectivity index (χ3v) is 3.68. The summed E-state index contributed by atoms with van der Waals surface area (Å²) >= 11 is 2.28. The SMILES string of the molecule is CCC(=NO)c1ccc(OCc2ccc(I)cc2)cc1. The molecule has 2 rings (SSSR count). The van der Waals surface area contributed by atoms with Crippen LogP contribution in [0.5, 0.6) is 5.75 Å². The third kappa shape index (κ3) is 3.96. The Morgan fingerprint density at radius 2 is 1.75 bits per heavy atom. The number of hydrogen-bond acceptors (Lipinski definition) is 3. The van der Waals surface area contributed by atoms with Crippen LogP contribution in [0, 0.1) is 3.57 Å². The minimum absolute atomic E-state index is 0.547. The van der Waals surface area contributed by atoms with Gasteiger partial charge in [-0.2, -0.15) is 0 Å². The van der Waals surface area contributed by atoms with Gasteiger partial charge in [0.2, 0.25) is 0 Å². The first-order valence-corrected chi connectivity index (χ1v) is 7.49. The zero-order valence-corrected chi connectivity index (χ0v) is 13.4. The van der Waals surface area contributed by atoms with Crippen molar-refractivity contribution >= 4 is 28.3 Å². The van der Waals surface area contributed by atoms with Crippen molar-refractivity contribution in [2.75, 3.05) is 0 Å². The van der Waals surface area contributed by atoms with Crippen LogP contribution in [0.3, 0.4) is 0 Å². The molecule has 4 heteroatoms. The van der Waals surface area contributed by atoms with E-state index in [9.17, 15) is 0 Å². The molecule has 20 heavy (non-hydrogen) atoms. The highest BCUT2D eigenvalue weighted by atomic mass is 127. The third-order valence-electron chi connectivity index (χ3n) is 2.96. The van der Waals surface area contributed by atoms with Crippen molar-refractivity contribution in [3.8, 4) is 5.75 Å². The van der Waals surface area contributed by atoms with Gasteiger partial charge in [-0.1, -0.05) is 24.2 Å². The topological polar surface area (TPSA) is 41.8 Å². The molecule has 0 radical (unpaired) electrons. The lowest BCUT2D eigenvalue weighted by atomic mass is 10.1. The highest BCUT2D eigenvalue weighted by Gasteiger charge is 2.02. The summed E-state index contributed by atoms with van der Waals surface area (Å²) in [5, 5.41) is 12.2. The number of ether oxygens (including phenoxy) is 1. The molecule has 2 aromatic carbocycles. The summed E-state index contributed by atoms with van der Waals surface area (Å²) in [6.45, 7) is 2.50. The fraction of sp³-hybridized carbons (Fsp3) is 0.188. The highest BCUT2D eigenvalue weighted by molar-refractivity contribution is 14.1. The molecule has 0 bridgehead atoms. The second-order valence-corrected chi connectivity index (χ2v) is 5.59. The zero-order valence-electron chi connectivity index (χ0n) is 11.2. The highest BCUT2D eigenvalue weighted by Crippen LogP contribution is 2.16. The summed E-state index contributed by atoms with van der Waals surface area (Å²) in [6, 6.07) is 15.8. The van der Waals surface area contributed by atoms with Gasteiger partial charge < -0.3 is 9.94 Å². The maximum atomic E-state index is 8.88. The van der Waals surface area contributed by atoms with Gasteiger partial charge in [0.25, 0.3) is 0 Å². The summed E-state index contributed by atoms with van der Waals surface area (Å²) in [4.78, 5) is 0. The van der Waals surface area contributed by atoms with E-state index in [2.05, 4.69) is 52.0 Å². The minimum Gasteiger partial charge on any atom is -0.489 e. The summed E-state index contributed by atoms with van der Waals surface area (Å²) < 4.78 is 6.94. The molecule has 0 spiro atoms. The van der Waals surface area contributed by atoms with Crippen LogP contribution < -0.4 is 4.74 Å². The Hall–Kier alpha value is -1.56. The van der Waals surface area contributed by atoms with Crippen molar-refractivity contribution in [3.05, 3.63) is 63.2 Å². The maximum Gasteiger partial charge on any atom is 0.119 e. The Morgan fingerprint density at radius 1 is 1.10 bits per heavy atom. The van der Waals surface area contributed by atoms with E-state index in [1.165, 1.54) is 3.57 Å². The van der Waals surface area contributed by atoms with E-state index < -0.39 is 0 Å². The lowest BCUT2D eigenvalue weighted by Crippen LogP contribution is -1.99. The fourth-order valence-electron chi connectivity index (χ4n) is 1.82. The molecule has 0 aliphatic carbocycles. The Bertz CT molecular complexity index is 576. The summed E-state index contributed by atoms with van der Waals surface area (Å²) in [5.74, 6) is 0.806. The smallest absolute Gasteiger partial charge is 0.119 e. The number of rotatable bonds is 5. The van der Waals surface area contributed by atoms with Gasteiger partial charge in [-0.15, -0.1) is 0 Å². The molecule has 1 N–H and O–H groups in total. The second kappa shape index (κ2) is 7.28. The molecular weight excluding hydrogens is 365 g/mol. The predicted molar refractivity (Wildman–Crippen MR) is 88.5 cm³/mol. The fourth-order valence-corrected chi connectivity index (χ4v) is 2.18. The number of benzene rings is 2. The Morgan fingerprint density at radius 3 is 2.30 bits per heavy atom. The van der Waals surface area contributed by atoms with Crippen molar-refractivity contribution in [1.82, 2.24) is 0 Å². The van der Waals surface area contributed by atoms with Crippen molar-refractivity contribution in [2.24, 2.45) is 5.16 Å². The van der Waals surface area contributed by atoms with E-state index >= 15 is 0 Å². The van der Waals surface area contributed by atoms with Crippen LogP contribution in [-0.2, 0) is 6.61 Å². The maximum absolute atomic E-state index is 8.88. The zero-order chi connectivity index (χ0) is 14.4. The summed E-state index contributed by atoms with van der Waals surface area (Å²) in [7, 11) is 0. The van der Waals surface area contributed by atoms with Gasteiger partial charge in [0.15, 0.2) is 0 Å². The summed E-state index contributed by atoms with van der Waals surface area (Å²) in [6.07, 6.45) is 0.694. The molecule has 0 atom stereocenters. The van der Waals surface area contributed by atoms with Crippen molar-refractivity contribution in [3.63, 3.8) is 0 Å². The monoisotopic (exact) mass is 381 g/mol. The van der Waals surface area contributed by atoms with Crippen molar-refractivity contribution < 1.29 is 9.94 Å². The molecule has 0 saturated heterocycles. The molecule has 0 aliphatic rings. The van der Waals surface area contributed by atoms with Crippen LogP contribution in [0.15, 0.2) is 53.7 Å². The average Bonchev–Trinajstić information content (AvgIpc) is 2.49. The molecule has 0 heterocycles.